The summed E-state index contributed by atoms with van der Waals surface area (Å²) in [5.74, 6) is 0.568. The maximum absolute atomic E-state index is 13.6. The molecule has 3 aromatic rings. The van der Waals surface area contributed by atoms with Crippen LogP contribution in [0.25, 0.3) is 10.8 Å². The van der Waals surface area contributed by atoms with E-state index in [0.717, 1.165) is 16.3 Å². The van der Waals surface area contributed by atoms with Crippen molar-refractivity contribution < 1.29 is 22.7 Å². The van der Waals surface area contributed by atoms with Crippen LogP contribution in [-0.4, -0.2) is 51.4 Å². The van der Waals surface area contributed by atoms with Crippen molar-refractivity contribution in [1.29, 1.82) is 0 Å². The van der Waals surface area contributed by atoms with E-state index in [-0.39, 0.29) is 37.2 Å². The molecule has 39 heavy (non-hydrogen) atoms. The molecule has 0 saturated carbocycles. The number of rotatable bonds is 12. The molecule has 0 bridgehead atoms. The smallest absolute Gasteiger partial charge is 0.265 e. The standard InChI is InChI=1S/C30H37N3O5S/c1-5-25(30(35)31-19-21(2)3)32(20-22-10-6-13-24(18-22)38-4)28(34)16-9-17-33-26-14-7-11-23-12-8-15-27(29(23)26)39(33,36)37/h6-8,10-15,18,21,25H,5,9,16-17,19-20H2,1-4H3,(H,31,35)/t25-/m1/s1. The van der Waals surface area contributed by atoms with Crippen molar-refractivity contribution >= 4 is 38.3 Å². The zero-order chi connectivity index (χ0) is 28.2. The van der Waals surface area contributed by atoms with Crippen LogP contribution in [0.1, 0.15) is 45.6 Å². The molecule has 8 nitrogen and oxygen atoms in total. The van der Waals surface area contributed by atoms with Crippen molar-refractivity contribution in [2.24, 2.45) is 5.92 Å². The summed E-state index contributed by atoms with van der Waals surface area (Å²) in [6, 6.07) is 17.6. The number of carbonyl (C=O) groups is 2. The van der Waals surface area contributed by atoms with Crippen molar-refractivity contribution in [1.82, 2.24) is 10.2 Å². The zero-order valence-electron chi connectivity index (χ0n) is 23.0. The molecule has 0 aromatic heterocycles. The molecule has 3 aromatic carbocycles. The van der Waals surface area contributed by atoms with Crippen LogP contribution in [0.3, 0.4) is 0 Å². The summed E-state index contributed by atoms with van der Waals surface area (Å²) in [5, 5.41) is 4.56. The highest BCUT2D eigenvalue weighted by atomic mass is 32.2. The second kappa shape index (κ2) is 12.1. The molecule has 0 unspecified atom stereocenters. The van der Waals surface area contributed by atoms with E-state index in [0.29, 0.717) is 35.7 Å². The molecule has 1 N–H and O–H groups in total. The molecule has 0 radical (unpaired) electrons. The highest BCUT2D eigenvalue weighted by Crippen LogP contribution is 2.42. The average Bonchev–Trinajstić information content (AvgIpc) is 3.14. The van der Waals surface area contributed by atoms with E-state index in [2.05, 4.69) is 5.32 Å². The lowest BCUT2D eigenvalue weighted by molar-refractivity contribution is -0.141. The lowest BCUT2D eigenvalue weighted by atomic mass is 10.1. The van der Waals surface area contributed by atoms with Crippen molar-refractivity contribution in [3.05, 3.63) is 66.2 Å². The summed E-state index contributed by atoms with van der Waals surface area (Å²) >= 11 is 0. The Labute approximate surface area is 231 Å². The topological polar surface area (TPSA) is 96.0 Å². The Morgan fingerprint density at radius 3 is 2.46 bits per heavy atom. The minimum Gasteiger partial charge on any atom is -0.497 e. The first-order valence-corrected chi connectivity index (χ1v) is 14.9. The quantitative estimate of drug-likeness (QED) is 0.352. The predicted molar refractivity (Wildman–Crippen MR) is 153 cm³/mol. The van der Waals surface area contributed by atoms with Gasteiger partial charge in [0.25, 0.3) is 10.0 Å². The third-order valence-corrected chi connectivity index (χ3v) is 8.85. The number of benzene rings is 3. The van der Waals surface area contributed by atoms with Gasteiger partial charge in [0.15, 0.2) is 0 Å². The highest BCUT2D eigenvalue weighted by Gasteiger charge is 2.35. The minimum atomic E-state index is -3.69. The van der Waals surface area contributed by atoms with E-state index in [1.54, 1.807) is 30.2 Å². The Bertz CT molecular complexity index is 1450. The van der Waals surface area contributed by atoms with Gasteiger partial charge in [-0.05, 0) is 54.0 Å². The van der Waals surface area contributed by atoms with Crippen LogP contribution in [0.4, 0.5) is 5.69 Å². The number of nitrogens with one attached hydrogen (secondary N) is 1. The lowest BCUT2D eigenvalue weighted by Crippen LogP contribution is -2.49. The van der Waals surface area contributed by atoms with Gasteiger partial charge >= 0.3 is 0 Å². The average molecular weight is 552 g/mol. The van der Waals surface area contributed by atoms with Crippen molar-refractivity contribution in [3.63, 3.8) is 0 Å². The van der Waals surface area contributed by atoms with Gasteiger partial charge in [-0.25, -0.2) is 8.42 Å². The molecular formula is C30H37N3O5S. The van der Waals surface area contributed by atoms with E-state index in [4.69, 9.17) is 4.74 Å². The maximum atomic E-state index is 13.6. The fourth-order valence-electron chi connectivity index (χ4n) is 5.03. The fourth-order valence-corrected chi connectivity index (χ4v) is 6.77. The normalized spacial score (nSPS) is 14.4. The van der Waals surface area contributed by atoms with Gasteiger partial charge in [-0.3, -0.25) is 13.9 Å². The SMILES string of the molecule is CC[C@H](C(=O)NCC(C)C)N(Cc1cccc(OC)c1)C(=O)CCCN1c2cccc3cccc(c23)S1(=O)=O. The first-order chi connectivity index (χ1) is 18.7. The van der Waals surface area contributed by atoms with Crippen LogP contribution in [0, 0.1) is 5.92 Å². The van der Waals surface area contributed by atoms with E-state index in [9.17, 15) is 18.0 Å². The number of methoxy groups -OCH3 is 1. The lowest BCUT2D eigenvalue weighted by Gasteiger charge is -2.31. The summed E-state index contributed by atoms with van der Waals surface area (Å²) in [7, 11) is -2.11. The Kier molecular flexibility index (Phi) is 8.80. The number of ether oxygens (including phenoxy) is 1. The minimum absolute atomic E-state index is 0.107. The van der Waals surface area contributed by atoms with Crippen LogP contribution < -0.4 is 14.4 Å². The molecule has 0 aliphatic carbocycles. The number of amides is 2. The van der Waals surface area contributed by atoms with Gasteiger partial charge in [-0.1, -0.05) is 57.2 Å². The molecule has 4 rings (SSSR count). The van der Waals surface area contributed by atoms with E-state index >= 15 is 0 Å². The third kappa shape index (κ3) is 6.03. The van der Waals surface area contributed by atoms with E-state index in [1.165, 1.54) is 4.31 Å². The molecule has 9 heteroatoms. The molecule has 2 amide bonds. The summed E-state index contributed by atoms with van der Waals surface area (Å²) in [6.45, 7) is 6.87. The van der Waals surface area contributed by atoms with E-state index < -0.39 is 16.1 Å². The highest BCUT2D eigenvalue weighted by molar-refractivity contribution is 7.93. The second-order valence-electron chi connectivity index (χ2n) is 10.2. The number of hydrogen-bond donors (Lipinski definition) is 1. The monoisotopic (exact) mass is 551 g/mol. The first kappa shape index (κ1) is 28.4. The van der Waals surface area contributed by atoms with Gasteiger partial charge in [0.2, 0.25) is 11.8 Å². The number of anilines is 1. The second-order valence-corrected chi connectivity index (χ2v) is 12.1. The van der Waals surface area contributed by atoms with Gasteiger partial charge in [0.1, 0.15) is 11.8 Å². The molecule has 1 aliphatic heterocycles. The maximum Gasteiger partial charge on any atom is 0.265 e. The molecule has 1 heterocycles. The van der Waals surface area contributed by atoms with Crippen molar-refractivity contribution in [2.75, 3.05) is 24.5 Å². The Balaban J connectivity index is 1.52. The number of hydrogen-bond acceptors (Lipinski definition) is 5. The van der Waals surface area contributed by atoms with Gasteiger partial charge in [-0.15, -0.1) is 0 Å². The third-order valence-electron chi connectivity index (χ3n) is 6.99. The summed E-state index contributed by atoms with van der Waals surface area (Å²) < 4.78 is 33.4. The molecule has 208 valence electrons. The Hall–Kier alpha value is -3.59. The van der Waals surface area contributed by atoms with E-state index in [1.807, 2.05) is 63.2 Å². The number of sulfonamides is 1. The molecule has 0 saturated heterocycles. The van der Waals surface area contributed by atoms with Gasteiger partial charge in [-0.2, -0.15) is 0 Å². The van der Waals surface area contributed by atoms with Crippen LogP contribution in [0.2, 0.25) is 0 Å². The molecular weight excluding hydrogens is 514 g/mol. The van der Waals surface area contributed by atoms with Crippen LogP contribution in [-0.2, 0) is 26.2 Å². The molecule has 1 aliphatic rings. The summed E-state index contributed by atoms with van der Waals surface area (Å²) in [6.07, 6.45) is 0.884. The molecule has 0 fully saturated rings. The molecule has 1 atom stereocenters. The Morgan fingerprint density at radius 1 is 1.05 bits per heavy atom. The largest absolute Gasteiger partial charge is 0.497 e. The number of nitrogens with zero attached hydrogens (tertiary/aromatic N) is 2. The van der Waals surface area contributed by atoms with Crippen LogP contribution >= 0.6 is 0 Å². The van der Waals surface area contributed by atoms with Crippen molar-refractivity contribution in [2.45, 2.75) is 57.5 Å². The van der Waals surface area contributed by atoms with Gasteiger partial charge < -0.3 is 15.0 Å². The summed E-state index contributed by atoms with van der Waals surface area (Å²) in [5.41, 5.74) is 1.49. The van der Waals surface area contributed by atoms with Gasteiger partial charge in [0.05, 0.1) is 17.7 Å². The zero-order valence-corrected chi connectivity index (χ0v) is 23.8. The first-order valence-electron chi connectivity index (χ1n) is 13.4. The van der Waals surface area contributed by atoms with Crippen molar-refractivity contribution in [3.8, 4) is 5.75 Å². The summed E-state index contributed by atoms with van der Waals surface area (Å²) in [4.78, 5) is 28.7. The van der Waals surface area contributed by atoms with Crippen LogP contribution in [0.5, 0.6) is 5.75 Å². The Morgan fingerprint density at radius 2 is 1.77 bits per heavy atom. The fraction of sp³-hybridized carbons (Fsp3) is 0.400. The number of carbonyl (C=O) groups excluding carboxylic acids is 2. The van der Waals surface area contributed by atoms with Crippen LogP contribution in [0.15, 0.2) is 65.6 Å². The predicted octanol–water partition coefficient (Wildman–Crippen LogP) is 4.72. The molecule has 0 spiro atoms. The van der Waals surface area contributed by atoms with Gasteiger partial charge in [0, 0.05) is 31.4 Å².